The van der Waals surface area contributed by atoms with E-state index in [2.05, 4.69) is 5.10 Å². The highest BCUT2D eigenvalue weighted by molar-refractivity contribution is 6.30. The summed E-state index contributed by atoms with van der Waals surface area (Å²) < 4.78 is 61.8. The van der Waals surface area contributed by atoms with Gasteiger partial charge in [-0.25, -0.2) is 9.07 Å². The quantitative estimate of drug-likeness (QED) is 0.371. The van der Waals surface area contributed by atoms with Crippen molar-refractivity contribution in [2.45, 2.75) is 18.7 Å². The van der Waals surface area contributed by atoms with Crippen molar-refractivity contribution in [1.29, 1.82) is 0 Å². The number of hydrogen-bond acceptors (Lipinski definition) is 3. The Morgan fingerprint density at radius 1 is 1.03 bits per heavy atom. The van der Waals surface area contributed by atoms with Gasteiger partial charge in [-0.15, -0.1) is 0 Å². The zero-order valence-corrected chi connectivity index (χ0v) is 17.5. The number of fused-ring (bicyclic) bond motifs is 1. The highest BCUT2D eigenvalue weighted by atomic mass is 35.5. The Morgan fingerprint density at radius 3 is 2.41 bits per heavy atom. The third kappa shape index (κ3) is 4.16. The molecule has 166 valence electrons. The SMILES string of the molecule is Cc1cc(Cl)cc(OCC(O)(c2ccc3c(cnn3-c3ccc(F)cc3)c2)C(F)(F)F)c1. The minimum atomic E-state index is -5.01. The molecule has 0 saturated heterocycles. The molecule has 1 atom stereocenters. The minimum absolute atomic E-state index is 0.114. The van der Waals surface area contributed by atoms with Gasteiger partial charge in [0.1, 0.15) is 18.2 Å². The van der Waals surface area contributed by atoms with Crippen LogP contribution in [0.15, 0.2) is 66.9 Å². The van der Waals surface area contributed by atoms with Gasteiger partial charge in [0.15, 0.2) is 0 Å². The summed E-state index contributed by atoms with van der Waals surface area (Å²) in [5.41, 5.74) is -1.92. The van der Waals surface area contributed by atoms with Crippen LogP contribution in [0.3, 0.4) is 0 Å². The summed E-state index contributed by atoms with van der Waals surface area (Å²) in [7, 11) is 0. The molecule has 0 aliphatic carbocycles. The second kappa shape index (κ2) is 8.11. The van der Waals surface area contributed by atoms with Crippen molar-refractivity contribution in [3.05, 3.63) is 88.8 Å². The predicted molar refractivity (Wildman–Crippen MR) is 113 cm³/mol. The van der Waals surface area contributed by atoms with Gasteiger partial charge in [-0.05, 0) is 72.6 Å². The molecule has 1 aromatic heterocycles. The Hall–Kier alpha value is -3.10. The first-order valence-corrected chi connectivity index (χ1v) is 9.88. The number of alkyl halides is 3. The molecule has 0 aliphatic heterocycles. The lowest BCUT2D eigenvalue weighted by molar-refractivity contribution is -0.275. The van der Waals surface area contributed by atoms with Crippen LogP contribution in [0, 0.1) is 12.7 Å². The summed E-state index contributed by atoms with van der Waals surface area (Å²) in [6.45, 7) is 0.662. The number of nitrogens with zero attached hydrogens (tertiary/aromatic N) is 2. The van der Waals surface area contributed by atoms with E-state index in [1.807, 2.05) is 0 Å². The summed E-state index contributed by atoms with van der Waals surface area (Å²) in [4.78, 5) is 0. The molecule has 0 saturated carbocycles. The molecule has 1 N–H and O–H groups in total. The van der Waals surface area contributed by atoms with Gasteiger partial charge in [0, 0.05) is 10.4 Å². The maximum Gasteiger partial charge on any atom is 0.424 e. The molecule has 4 rings (SSSR count). The Bertz CT molecular complexity index is 1250. The van der Waals surface area contributed by atoms with Crippen LogP contribution < -0.4 is 4.74 Å². The van der Waals surface area contributed by atoms with Crippen LogP contribution in [0.2, 0.25) is 5.02 Å². The fourth-order valence-corrected chi connectivity index (χ4v) is 3.66. The van der Waals surface area contributed by atoms with Gasteiger partial charge in [0.2, 0.25) is 5.60 Å². The van der Waals surface area contributed by atoms with Gasteiger partial charge in [0.25, 0.3) is 0 Å². The number of rotatable bonds is 5. The molecule has 0 aliphatic rings. The fourth-order valence-electron chi connectivity index (χ4n) is 3.38. The number of benzene rings is 3. The van der Waals surface area contributed by atoms with E-state index in [1.54, 1.807) is 13.0 Å². The number of halogens is 5. The average molecular weight is 465 g/mol. The van der Waals surface area contributed by atoms with Crippen LogP contribution in [0.1, 0.15) is 11.1 Å². The number of aliphatic hydroxyl groups is 1. The van der Waals surface area contributed by atoms with Crippen molar-refractivity contribution >= 4 is 22.5 Å². The van der Waals surface area contributed by atoms with E-state index in [4.69, 9.17) is 16.3 Å². The van der Waals surface area contributed by atoms with Gasteiger partial charge in [-0.3, -0.25) is 0 Å². The molecule has 0 radical (unpaired) electrons. The number of ether oxygens (including phenoxy) is 1. The van der Waals surface area contributed by atoms with Crippen LogP contribution in [0.5, 0.6) is 5.75 Å². The highest BCUT2D eigenvalue weighted by Gasteiger charge is 2.56. The summed E-state index contributed by atoms with van der Waals surface area (Å²) in [6, 6.07) is 13.9. The first-order valence-electron chi connectivity index (χ1n) is 9.50. The Labute approximate surface area is 185 Å². The summed E-state index contributed by atoms with van der Waals surface area (Å²) in [5, 5.41) is 15.5. The lowest BCUT2D eigenvalue weighted by atomic mass is 9.93. The predicted octanol–water partition coefficient (Wildman–Crippen LogP) is 5.96. The number of hydrogen-bond donors (Lipinski definition) is 1. The van der Waals surface area contributed by atoms with Gasteiger partial charge in [-0.1, -0.05) is 17.7 Å². The van der Waals surface area contributed by atoms with Gasteiger partial charge >= 0.3 is 6.18 Å². The molecule has 0 bridgehead atoms. The molecule has 9 heteroatoms. The third-order valence-corrected chi connectivity index (χ3v) is 5.27. The van der Waals surface area contributed by atoms with Crippen LogP contribution in [-0.4, -0.2) is 27.7 Å². The fraction of sp³-hybridized carbons (Fsp3) is 0.174. The van der Waals surface area contributed by atoms with E-state index in [-0.39, 0.29) is 5.75 Å². The molecule has 4 aromatic rings. The van der Waals surface area contributed by atoms with Crippen LogP contribution in [0.4, 0.5) is 17.6 Å². The molecule has 0 amide bonds. The lowest BCUT2D eigenvalue weighted by Gasteiger charge is -2.31. The van der Waals surface area contributed by atoms with Crippen LogP contribution in [0.25, 0.3) is 16.6 Å². The van der Waals surface area contributed by atoms with Gasteiger partial charge in [0.05, 0.1) is 17.4 Å². The zero-order chi connectivity index (χ0) is 23.1. The van der Waals surface area contributed by atoms with E-state index in [0.717, 1.165) is 0 Å². The third-order valence-electron chi connectivity index (χ3n) is 5.05. The van der Waals surface area contributed by atoms with Gasteiger partial charge in [-0.2, -0.15) is 18.3 Å². The van der Waals surface area contributed by atoms with Crippen molar-refractivity contribution in [2.24, 2.45) is 0 Å². The maximum atomic E-state index is 13.9. The van der Waals surface area contributed by atoms with Crippen molar-refractivity contribution in [2.75, 3.05) is 6.61 Å². The topological polar surface area (TPSA) is 47.3 Å². The molecule has 3 aromatic carbocycles. The molecule has 0 spiro atoms. The summed E-state index contributed by atoms with van der Waals surface area (Å²) >= 11 is 5.94. The summed E-state index contributed by atoms with van der Waals surface area (Å²) in [5.74, 6) is -0.305. The second-order valence-electron chi connectivity index (χ2n) is 7.42. The smallest absolute Gasteiger partial charge is 0.424 e. The van der Waals surface area contributed by atoms with Gasteiger partial charge < -0.3 is 9.84 Å². The van der Waals surface area contributed by atoms with E-state index in [0.29, 0.717) is 27.2 Å². The van der Waals surface area contributed by atoms with E-state index in [9.17, 15) is 22.7 Å². The molecule has 1 unspecified atom stereocenters. The van der Waals surface area contributed by atoms with Crippen molar-refractivity contribution < 1.29 is 27.4 Å². The summed E-state index contributed by atoms with van der Waals surface area (Å²) in [6.07, 6.45) is -3.64. The monoisotopic (exact) mass is 464 g/mol. The first-order chi connectivity index (χ1) is 15.1. The van der Waals surface area contributed by atoms with Crippen molar-refractivity contribution in [3.63, 3.8) is 0 Å². The van der Waals surface area contributed by atoms with Crippen molar-refractivity contribution in [1.82, 2.24) is 9.78 Å². The Kier molecular flexibility index (Phi) is 5.60. The zero-order valence-electron chi connectivity index (χ0n) is 16.7. The lowest BCUT2D eigenvalue weighted by Crippen LogP contribution is -2.47. The van der Waals surface area contributed by atoms with Crippen LogP contribution >= 0.6 is 11.6 Å². The minimum Gasteiger partial charge on any atom is -0.490 e. The van der Waals surface area contributed by atoms with E-state index in [1.165, 1.54) is 65.5 Å². The maximum absolute atomic E-state index is 13.9. The highest BCUT2D eigenvalue weighted by Crippen LogP contribution is 2.40. The molecule has 4 nitrogen and oxygen atoms in total. The molecule has 32 heavy (non-hydrogen) atoms. The molecular formula is C23H17ClF4N2O2. The number of aromatic nitrogens is 2. The molecule has 1 heterocycles. The van der Waals surface area contributed by atoms with E-state index >= 15 is 0 Å². The first kappa shape index (κ1) is 22.1. The molecular weight excluding hydrogens is 448 g/mol. The normalized spacial score (nSPS) is 13.8. The average Bonchev–Trinajstić information content (AvgIpc) is 3.14. The van der Waals surface area contributed by atoms with Crippen LogP contribution in [-0.2, 0) is 5.60 Å². The number of aryl methyl sites for hydroxylation is 1. The largest absolute Gasteiger partial charge is 0.490 e. The second-order valence-corrected chi connectivity index (χ2v) is 7.85. The molecule has 0 fully saturated rings. The Balaban J connectivity index is 1.70. The van der Waals surface area contributed by atoms with E-state index < -0.39 is 29.8 Å². The standard InChI is InChI=1S/C23H17ClF4N2O2/c1-14-8-17(24)11-20(9-14)32-13-22(31,23(26,27)28)16-2-7-21-15(10-16)12-29-30(21)19-5-3-18(25)4-6-19/h2-12,31H,13H2,1H3. The Morgan fingerprint density at radius 2 is 1.75 bits per heavy atom. The van der Waals surface area contributed by atoms with Crippen molar-refractivity contribution in [3.8, 4) is 11.4 Å².